The third kappa shape index (κ3) is 4.87. The number of thioether (sulfide) groups is 1. The van der Waals surface area contributed by atoms with Crippen molar-refractivity contribution in [3.05, 3.63) is 62.1 Å². The normalized spacial score (nSPS) is 11.7. The summed E-state index contributed by atoms with van der Waals surface area (Å²) < 4.78 is 2.37. The second kappa shape index (κ2) is 8.66. The number of nitrogens with one attached hydrogen (secondary N) is 1. The van der Waals surface area contributed by atoms with Gasteiger partial charge in [0, 0.05) is 26.1 Å². The lowest BCUT2D eigenvalue weighted by Crippen LogP contribution is -2.38. The number of fused-ring (bicyclic) bond motifs is 1. The zero-order chi connectivity index (χ0) is 22.9. The van der Waals surface area contributed by atoms with Crippen LogP contribution in [-0.4, -0.2) is 30.8 Å². The Morgan fingerprint density at radius 3 is 2.32 bits per heavy atom. The van der Waals surface area contributed by atoms with Crippen LogP contribution in [0.3, 0.4) is 0 Å². The minimum Gasteiger partial charge on any atom is -0.351 e. The highest BCUT2D eigenvalue weighted by atomic mass is 32.2. The number of aromatic nitrogens is 4. The molecular weight excluding hydrogens is 414 g/mol. The van der Waals surface area contributed by atoms with Gasteiger partial charge in [0.2, 0.25) is 5.91 Å². The summed E-state index contributed by atoms with van der Waals surface area (Å²) in [5.41, 5.74) is 1.12. The standard InChI is InChI=1S/C22H27N5O3S/c1-13-7-9-14(10-8-13)11-23-15(28)12-31-18-16-17(24-20(25-18)22(2,3)4)26(5)21(30)27(6)19(16)29/h7-10H,11-12H2,1-6H3,(H,23,28). The van der Waals surface area contributed by atoms with Crippen LogP contribution in [0.4, 0.5) is 0 Å². The molecule has 0 fully saturated rings. The molecule has 0 unspecified atom stereocenters. The Labute approximate surface area is 184 Å². The van der Waals surface area contributed by atoms with Gasteiger partial charge in [0.05, 0.1) is 5.75 Å². The lowest BCUT2D eigenvalue weighted by molar-refractivity contribution is -0.118. The highest BCUT2D eigenvalue weighted by Gasteiger charge is 2.24. The molecule has 0 atom stereocenters. The van der Waals surface area contributed by atoms with Gasteiger partial charge in [0.1, 0.15) is 16.2 Å². The Morgan fingerprint density at radius 1 is 1.06 bits per heavy atom. The van der Waals surface area contributed by atoms with Crippen LogP contribution in [0.25, 0.3) is 11.0 Å². The van der Waals surface area contributed by atoms with Gasteiger partial charge in [-0.1, -0.05) is 62.4 Å². The molecule has 0 spiro atoms. The van der Waals surface area contributed by atoms with Gasteiger partial charge >= 0.3 is 5.69 Å². The maximum absolute atomic E-state index is 12.8. The minimum atomic E-state index is -0.471. The second-order valence-electron chi connectivity index (χ2n) is 8.56. The van der Waals surface area contributed by atoms with E-state index in [1.165, 1.54) is 23.4 Å². The van der Waals surface area contributed by atoms with E-state index in [9.17, 15) is 14.4 Å². The second-order valence-corrected chi connectivity index (χ2v) is 9.52. The number of aryl methyl sites for hydroxylation is 2. The molecule has 0 aliphatic carbocycles. The van der Waals surface area contributed by atoms with E-state index in [0.29, 0.717) is 17.4 Å². The molecule has 0 aliphatic heterocycles. The average molecular weight is 442 g/mol. The summed E-state index contributed by atoms with van der Waals surface area (Å²) in [7, 11) is 3.00. The van der Waals surface area contributed by atoms with E-state index >= 15 is 0 Å². The summed E-state index contributed by atoms with van der Waals surface area (Å²) in [6, 6.07) is 7.94. The van der Waals surface area contributed by atoms with Gasteiger partial charge in [-0.05, 0) is 12.5 Å². The maximum atomic E-state index is 12.8. The zero-order valence-electron chi connectivity index (χ0n) is 18.6. The van der Waals surface area contributed by atoms with E-state index in [2.05, 4.69) is 15.3 Å². The summed E-state index contributed by atoms with van der Waals surface area (Å²) in [6.45, 7) is 8.30. The summed E-state index contributed by atoms with van der Waals surface area (Å²) in [4.78, 5) is 46.7. The predicted octanol–water partition coefficient (Wildman–Crippen LogP) is 2.04. The summed E-state index contributed by atoms with van der Waals surface area (Å²) in [5, 5.41) is 3.53. The van der Waals surface area contributed by atoms with E-state index in [-0.39, 0.29) is 22.7 Å². The van der Waals surface area contributed by atoms with Crippen LogP contribution in [-0.2, 0) is 30.8 Å². The molecule has 8 nitrogen and oxygen atoms in total. The molecule has 3 aromatic rings. The van der Waals surface area contributed by atoms with E-state index in [0.717, 1.165) is 15.7 Å². The third-order valence-electron chi connectivity index (χ3n) is 4.89. The quantitative estimate of drug-likeness (QED) is 0.481. The Bertz CT molecular complexity index is 1250. The van der Waals surface area contributed by atoms with Crippen molar-refractivity contribution >= 4 is 28.7 Å². The molecule has 2 aromatic heterocycles. The topological polar surface area (TPSA) is 98.9 Å². The molecule has 9 heteroatoms. The molecule has 1 amide bonds. The Hall–Kier alpha value is -2.94. The van der Waals surface area contributed by atoms with Gasteiger partial charge in [-0.15, -0.1) is 0 Å². The van der Waals surface area contributed by atoms with E-state index < -0.39 is 16.7 Å². The number of hydrogen-bond donors (Lipinski definition) is 1. The fourth-order valence-corrected chi connectivity index (χ4v) is 3.80. The lowest BCUT2D eigenvalue weighted by Gasteiger charge is -2.19. The number of amides is 1. The molecule has 0 aliphatic rings. The van der Waals surface area contributed by atoms with Crippen LogP contribution in [0.15, 0.2) is 38.9 Å². The SMILES string of the molecule is Cc1ccc(CNC(=O)CSc2nc(C(C)(C)C)nc3c2c(=O)n(C)c(=O)n3C)cc1. The number of carbonyl (C=O) groups is 1. The van der Waals surface area contributed by atoms with Gasteiger partial charge in [0.15, 0.2) is 5.65 Å². The fraction of sp³-hybridized carbons (Fsp3) is 0.409. The van der Waals surface area contributed by atoms with Crippen LogP contribution >= 0.6 is 11.8 Å². The Kier molecular flexibility index (Phi) is 6.35. The van der Waals surface area contributed by atoms with Crippen molar-refractivity contribution in [1.82, 2.24) is 24.4 Å². The first-order valence-electron chi connectivity index (χ1n) is 9.92. The Morgan fingerprint density at radius 2 is 1.71 bits per heavy atom. The van der Waals surface area contributed by atoms with E-state index in [1.807, 2.05) is 52.0 Å². The molecule has 1 aromatic carbocycles. The summed E-state index contributed by atoms with van der Waals surface area (Å²) >= 11 is 1.17. The summed E-state index contributed by atoms with van der Waals surface area (Å²) in [6.07, 6.45) is 0. The average Bonchev–Trinajstić information content (AvgIpc) is 2.73. The van der Waals surface area contributed by atoms with Crippen LogP contribution in [0.5, 0.6) is 0 Å². The van der Waals surface area contributed by atoms with Crippen LogP contribution < -0.4 is 16.6 Å². The Balaban J connectivity index is 1.91. The zero-order valence-corrected chi connectivity index (χ0v) is 19.5. The van der Waals surface area contributed by atoms with Crippen LogP contribution in [0, 0.1) is 6.92 Å². The van der Waals surface area contributed by atoms with Crippen molar-refractivity contribution in [1.29, 1.82) is 0 Å². The highest BCUT2D eigenvalue weighted by Crippen LogP contribution is 2.26. The molecule has 3 rings (SSSR count). The monoisotopic (exact) mass is 441 g/mol. The third-order valence-corrected chi connectivity index (χ3v) is 5.86. The van der Waals surface area contributed by atoms with E-state index in [1.54, 1.807) is 7.05 Å². The summed E-state index contributed by atoms with van der Waals surface area (Å²) in [5.74, 6) is 0.426. The predicted molar refractivity (Wildman–Crippen MR) is 122 cm³/mol. The largest absolute Gasteiger partial charge is 0.351 e. The van der Waals surface area contributed by atoms with Crippen molar-refractivity contribution in [2.75, 3.05) is 5.75 Å². The van der Waals surface area contributed by atoms with Crippen molar-refractivity contribution < 1.29 is 4.79 Å². The minimum absolute atomic E-state index is 0.0908. The highest BCUT2D eigenvalue weighted by molar-refractivity contribution is 8.00. The fourth-order valence-electron chi connectivity index (χ4n) is 2.96. The number of carbonyl (C=O) groups excluding carboxylic acids is 1. The van der Waals surface area contributed by atoms with Gasteiger partial charge in [0.25, 0.3) is 5.56 Å². The van der Waals surface area contributed by atoms with Gasteiger partial charge in [-0.2, -0.15) is 0 Å². The van der Waals surface area contributed by atoms with Crippen LogP contribution in [0.2, 0.25) is 0 Å². The molecule has 0 radical (unpaired) electrons. The lowest BCUT2D eigenvalue weighted by atomic mass is 9.96. The first-order valence-corrected chi connectivity index (χ1v) is 10.9. The maximum Gasteiger partial charge on any atom is 0.332 e. The molecule has 164 valence electrons. The van der Waals surface area contributed by atoms with Crippen molar-refractivity contribution in [3.8, 4) is 0 Å². The number of hydrogen-bond acceptors (Lipinski definition) is 6. The molecule has 1 N–H and O–H groups in total. The smallest absolute Gasteiger partial charge is 0.332 e. The van der Waals surface area contributed by atoms with Crippen molar-refractivity contribution in [2.45, 2.75) is 44.7 Å². The molecule has 0 bridgehead atoms. The van der Waals surface area contributed by atoms with Gasteiger partial charge < -0.3 is 5.32 Å². The number of benzene rings is 1. The number of rotatable bonds is 5. The molecule has 2 heterocycles. The van der Waals surface area contributed by atoms with E-state index in [4.69, 9.17) is 0 Å². The first-order chi connectivity index (χ1) is 14.5. The number of nitrogens with zero attached hydrogens (tertiary/aromatic N) is 4. The molecular formula is C22H27N5O3S. The molecule has 0 saturated carbocycles. The van der Waals surface area contributed by atoms with Gasteiger partial charge in [-0.3, -0.25) is 18.7 Å². The van der Waals surface area contributed by atoms with Crippen LogP contribution in [0.1, 0.15) is 37.7 Å². The van der Waals surface area contributed by atoms with Crippen molar-refractivity contribution in [3.63, 3.8) is 0 Å². The van der Waals surface area contributed by atoms with Gasteiger partial charge in [-0.25, -0.2) is 14.8 Å². The van der Waals surface area contributed by atoms with Crippen molar-refractivity contribution in [2.24, 2.45) is 14.1 Å². The molecule has 31 heavy (non-hydrogen) atoms. The first kappa shape index (κ1) is 22.7. The molecule has 0 saturated heterocycles.